The standard InChI is InChI=1S/C76H98N22O29S2/c1-5-22-126-23-24-127-34-53(106)82-45(26-39-28-77-43-18-11-9-16-41(39)43)57(107)86-54(35(2)101)62(112)79-30-51(104)81-46(27-40-29-78-44-19-12-10-17-42(40)44)58(108)89-67-66(116)92-73(122)97-76(125)98-21-13-20-50(98)61(111)90-71(120)94-70(119)85-49(33-100)60(110)87-56(37(4)103)64(114)91-72(121)95-75(124)96-74(123)93-68(129-128-67)65(115)88-55(36(3)102)63(113)80-31-52(105)83-48(32-99)59(109)84-47(69(117)118)25-38-14-7-6-8-15-38/h6-12,14-19,28-29,35-37,45-50,54-56,67-68,77-78,99-103H,5,13,20-27,30-34H2,1-4H3,(H,79,112)(H,80,113)(H,81,104)(H,82,106)(H,83,105)(H,84,109)(H,86,107)(H,87,110)(H,88,115)(H,89,108)(H,117,118)(H2,92,97,116,122,125)(H3,85,90,94,111,119,120)(H4,91,93,95,96,114,121,123,124)/t35-,36-,37-,45+,46+,47+,48+,49+,50+,54+,55+,56?,67+,68?/m1/s1. The summed E-state index contributed by atoms with van der Waals surface area (Å²) in [6, 6.07) is -7.53. The molecule has 5 aromatic rings. The molecule has 14 atom stereocenters. The monoisotopic (exact) mass is 1850 g/mol. The van der Waals surface area contributed by atoms with Crippen molar-refractivity contribution in [2.75, 3.05) is 59.3 Å². The minimum Gasteiger partial charge on any atom is -0.480 e. The van der Waals surface area contributed by atoms with Crippen LogP contribution in [0.3, 0.4) is 0 Å². The first-order valence-corrected chi connectivity index (χ1v) is 41.8. The summed E-state index contributed by atoms with van der Waals surface area (Å²) in [4.78, 5) is 294. The fourth-order valence-electron chi connectivity index (χ4n) is 12.3. The molecular formula is C76H98N22O29S2. The van der Waals surface area contributed by atoms with E-state index in [0.717, 1.165) is 27.2 Å². The van der Waals surface area contributed by atoms with E-state index in [1.807, 2.05) is 33.5 Å². The molecule has 2 aromatic heterocycles. The maximum Gasteiger partial charge on any atom is 0.330 e. The highest BCUT2D eigenvalue weighted by Crippen LogP contribution is 2.31. The molecule has 3 aromatic carbocycles. The Kier molecular flexibility index (Phi) is 39.9. The Balaban J connectivity index is 1.20. The summed E-state index contributed by atoms with van der Waals surface area (Å²) >= 11 is 0. The zero-order chi connectivity index (χ0) is 94.7. The van der Waals surface area contributed by atoms with Crippen molar-refractivity contribution < 1.29 is 141 Å². The first-order valence-electron chi connectivity index (χ1n) is 39.5. The molecular weight excluding hydrogens is 1750 g/mol. The predicted octanol–water partition coefficient (Wildman–Crippen LogP) is -7.32. The van der Waals surface area contributed by atoms with Gasteiger partial charge in [0.2, 0.25) is 53.2 Å². The van der Waals surface area contributed by atoms with Crippen LogP contribution in [0.15, 0.2) is 91.3 Å². The molecule has 27 amide bonds. The Morgan fingerprint density at radius 1 is 0.496 bits per heavy atom. The van der Waals surface area contributed by atoms with Crippen LogP contribution in [0.5, 0.6) is 0 Å². The van der Waals surface area contributed by atoms with Crippen LogP contribution in [0.1, 0.15) is 63.6 Å². The number of H-pyrrole nitrogens is 2. The number of carboxylic acid groups (broad SMARTS) is 1. The third-order valence-corrected chi connectivity index (χ3v) is 21.4. The Bertz CT molecular complexity index is 4940. The number of aromatic amines is 2. The molecule has 698 valence electrons. The highest BCUT2D eigenvalue weighted by atomic mass is 33.1. The topological polar surface area (TPSA) is 762 Å². The van der Waals surface area contributed by atoms with Crippen molar-refractivity contribution in [2.24, 2.45) is 0 Å². The van der Waals surface area contributed by atoms with Gasteiger partial charge in [0.25, 0.3) is 23.6 Å². The molecule has 0 aliphatic carbocycles. The van der Waals surface area contributed by atoms with Crippen LogP contribution in [-0.4, -0.2) is 313 Å². The molecule has 0 bridgehead atoms. The summed E-state index contributed by atoms with van der Waals surface area (Å²) in [5.41, 5.74) is 2.41. The van der Waals surface area contributed by atoms with Crippen LogP contribution >= 0.6 is 21.6 Å². The number of imide groups is 7. The smallest absolute Gasteiger partial charge is 0.330 e. The molecule has 0 saturated carbocycles. The van der Waals surface area contributed by atoms with E-state index in [4.69, 9.17) is 9.47 Å². The summed E-state index contributed by atoms with van der Waals surface area (Å²) in [7, 11) is -0.0548. The van der Waals surface area contributed by atoms with Crippen LogP contribution in [0, 0.1) is 0 Å². The largest absolute Gasteiger partial charge is 0.480 e. The second kappa shape index (κ2) is 50.4. The number of nitrogens with one attached hydrogen (secondary N) is 21. The van der Waals surface area contributed by atoms with Gasteiger partial charge in [-0.25, -0.2) is 38.4 Å². The fourth-order valence-corrected chi connectivity index (χ4v) is 14.7. The quantitative estimate of drug-likeness (QED) is 0.0131. The first-order chi connectivity index (χ1) is 61.4. The van der Waals surface area contributed by atoms with Gasteiger partial charge in [-0.3, -0.25) is 99.5 Å². The number of rotatable bonds is 36. The molecule has 2 aliphatic heterocycles. The number of aromatic nitrogens is 2. The van der Waals surface area contributed by atoms with E-state index < -0.39 is 248 Å². The number of carboxylic acids is 1. The van der Waals surface area contributed by atoms with Crippen molar-refractivity contribution in [3.63, 3.8) is 0 Å². The van der Waals surface area contributed by atoms with Crippen LogP contribution < -0.4 is 101 Å². The van der Waals surface area contributed by atoms with Crippen molar-refractivity contribution in [2.45, 2.75) is 150 Å². The lowest BCUT2D eigenvalue weighted by Gasteiger charge is -2.26. The van der Waals surface area contributed by atoms with Gasteiger partial charge in [0.1, 0.15) is 61.0 Å². The van der Waals surface area contributed by atoms with E-state index in [1.165, 1.54) is 16.8 Å². The van der Waals surface area contributed by atoms with Crippen molar-refractivity contribution in [1.29, 1.82) is 0 Å². The second-order valence-electron chi connectivity index (χ2n) is 28.6. The van der Waals surface area contributed by atoms with E-state index in [0.29, 0.717) is 44.4 Å². The summed E-state index contributed by atoms with van der Waals surface area (Å²) < 4.78 is 10.8. The highest BCUT2D eigenvalue weighted by molar-refractivity contribution is 8.77. The Labute approximate surface area is 738 Å². The third kappa shape index (κ3) is 32.1. The number of para-hydroxylation sites is 2. The molecule has 129 heavy (non-hydrogen) atoms. The van der Waals surface area contributed by atoms with Gasteiger partial charge in [-0.15, -0.1) is 0 Å². The fraction of sp³-hybridized carbons (Fsp3) is 0.434. The number of fused-ring (bicyclic) bond motifs is 3. The summed E-state index contributed by atoms with van der Waals surface area (Å²) in [6.45, 7) is -0.119. The third-order valence-electron chi connectivity index (χ3n) is 18.7. The Hall–Kier alpha value is -14.0. The molecule has 2 unspecified atom stereocenters. The zero-order valence-electron chi connectivity index (χ0n) is 69.2. The van der Waals surface area contributed by atoms with Gasteiger partial charge in [0.05, 0.1) is 57.8 Å². The number of benzene rings is 3. The van der Waals surface area contributed by atoms with E-state index in [-0.39, 0.29) is 72.6 Å². The number of aliphatic carboxylic acids is 1. The molecule has 7 rings (SSSR count). The number of hydrogen-bond donors (Lipinski definition) is 27. The maximum atomic E-state index is 15.2. The lowest BCUT2D eigenvalue weighted by Crippen LogP contribution is -2.61. The lowest BCUT2D eigenvalue weighted by atomic mass is 10.0. The average molecular weight is 1850 g/mol. The number of aliphatic hydroxyl groups is 5. The number of amides is 27. The molecule has 27 N–H and O–H groups in total. The molecule has 0 radical (unpaired) electrons. The number of ether oxygens (including phenoxy) is 2. The molecule has 2 saturated heterocycles. The van der Waals surface area contributed by atoms with E-state index in [1.54, 1.807) is 112 Å². The number of hydrogen-bond acceptors (Lipinski definition) is 30. The molecule has 4 heterocycles. The molecule has 0 spiro atoms. The highest BCUT2D eigenvalue weighted by Gasteiger charge is 2.41. The van der Waals surface area contributed by atoms with Gasteiger partial charge >= 0.3 is 48.2 Å². The molecule has 2 fully saturated rings. The Morgan fingerprint density at radius 3 is 1.57 bits per heavy atom. The molecule has 2 aliphatic rings. The normalized spacial score (nSPS) is 19.3. The summed E-state index contributed by atoms with van der Waals surface area (Å²) in [5, 5.41) is 96.0. The van der Waals surface area contributed by atoms with Crippen LogP contribution in [0.2, 0.25) is 0 Å². The van der Waals surface area contributed by atoms with Crippen LogP contribution in [0.25, 0.3) is 21.8 Å². The molecule has 51 nitrogen and oxygen atoms in total. The Morgan fingerprint density at radius 2 is 1.00 bits per heavy atom. The minimum absolute atomic E-state index is 0.0100. The number of carbonyl (C=O) groups is 21. The van der Waals surface area contributed by atoms with Gasteiger partial charge in [0, 0.05) is 66.6 Å². The number of carbonyl (C=O) groups excluding carboxylic acids is 20. The van der Waals surface area contributed by atoms with Gasteiger partial charge in [-0.05, 0) is 68.9 Å². The second-order valence-corrected chi connectivity index (χ2v) is 31.1. The van der Waals surface area contributed by atoms with Crippen molar-refractivity contribution in [1.82, 2.24) is 116 Å². The van der Waals surface area contributed by atoms with E-state index >= 15 is 4.79 Å². The van der Waals surface area contributed by atoms with Gasteiger partial charge in [-0.2, -0.15) is 0 Å². The lowest BCUT2D eigenvalue weighted by molar-refractivity contribution is -0.142. The van der Waals surface area contributed by atoms with E-state index in [9.17, 15) is 127 Å². The van der Waals surface area contributed by atoms with Crippen LogP contribution in [0.4, 0.5) is 33.6 Å². The summed E-state index contributed by atoms with van der Waals surface area (Å²) in [6.07, 6.45) is -3.23. The zero-order valence-corrected chi connectivity index (χ0v) is 70.8. The SMILES string of the molecule is CCCOCCOCC(=O)N[C@@H](Cc1c[nH]c2ccccc12)C(=O)N[C@H](C(=O)NCC(=O)N[C@@H](Cc1c[nH]c2ccccc12)C(=O)N[C@H]1SSC(C(=O)N[C@H](C(=O)NCC(=O)N[C@@H](CO)C(=O)N[C@@H](Cc2ccccc2)C(=O)O)[C@@H](C)O)NC(=O)NC(=O)NC(=O)NC(=O)C([C@@H](C)O)NC(=O)[C@H](CO)NC(=O)NC(=O)NC(=O)[C@@H]2CCCN2C(=O)NC(=O)NC1=O)[C@@H](C)O. The predicted molar refractivity (Wildman–Crippen MR) is 448 cm³/mol. The van der Waals surface area contributed by atoms with Crippen molar-refractivity contribution in [3.8, 4) is 0 Å². The first kappa shape index (κ1) is 102. The summed E-state index contributed by atoms with van der Waals surface area (Å²) in [5.74, 6) is -18.8. The van der Waals surface area contributed by atoms with Gasteiger partial charge in [-0.1, -0.05) is 95.2 Å². The van der Waals surface area contributed by atoms with Crippen molar-refractivity contribution in [3.05, 3.63) is 108 Å². The number of nitrogens with zero attached hydrogens (tertiary/aromatic N) is 1. The maximum absolute atomic E-state index is 15.2. The number of urea groups is 7. The number of aliphatic hydroxyl groups excluding tert-OH is 5. The minimum atomic E-state index is -2.46. The van der Waals surface area contributed by atoms with Crippen molar-refractivity contribution >= 4 is 168 Å². The molecule has 53 heteroatoms. The average Bonchev–Trinajstić information content (AvgIpc) is 1.47. The van der Waals surface area contributed by atoms with Crippen LogP contribution in [-0.2, 0) is 95.9 Å². The van der Waals surface area contributed by atoms with E-state index in [2.05, 4.69) is 47.2 Å². The van der Waals surface area contributed by atoms with Gasteiger partial charge in [0.15, 0.2) is 10.7 Å². The van der Waals surface area contributed by atoms with Gasteiger partial charge < -0.3 is 119 Å².